The Labute approximate surface area is 108 Å². The third kappa shape index (κ3) is 2.30. The molecule has 0 saturated carbocycles. The lowest BCUT2D eigenvalue weighted by atomic mass is 10.0. The summed E-state index contributed by atoms with van der Waals surface area (Å²) in [4.78, 5) is 12.0. The average Bonchev–Trinajstić information content (AvgIpc) is 2.64. The van der Waals surface area contributed by atoms with Crippen LogP contribution in [0.25, 0.3) is 0 Å². The van der Waals surface area contributed by atoms with Gasteiger partial charge in [-0.3, -0.25) is 4.79 Å². The third-order valence-electron chi connectivity index (χ3n) is 3.25. The number of carbonyl (C=O) groups excluding carboxylic acids is 1. The van der Waals surface area contributed by atoms with Crippen LogP contribution < -0.4 is 0 Å². The molecule has 3 nitrogen and oxygen atoms in total. The van der Waals surface area contributed by atoms with E-state index in [9.17, 15) is 4.79 Å². The van der Waals surface area contributed by atoms with Crippen LogP contribution >= 0.6 is 0 Å². The average molecular weight is 244 g/mol. The van der Waals surface area contributed by atoms with Gasteiger partial charge in [0.05, 0.1) is 17.7 Å². The number of benzene rings is 1. The Hall–Kier alpha value is -1.64. The highest BCUT2D eigenvalue weighted by Gasteiger charge is 2.32. The highest BCUT2D eigenvalue weighted by atomic mass is 16.2. The van der Waals surface area contributed by atoms with Crippen LogP contribution in [0.2, 0.25) is 0 Å². The van der Waals surface area contributed by atoms with Gasteiger partial charge in [-0.1, -0.05) is 12.1 Å². The van der Waals surface area contributed by atoms with E-state index in [1.807, 2.05) is 26.8 Å². The molecule has 0 aromatic heterocycles. The molecule has 1 aliphatic heterocycles. The van der Waals surface area contributed by atoms with E-state index in [1.54, 1.807) is 5.01 Å². The van der Waals surface area contributed by atoms with Crippen molar-refractivity contribution in [2.45, 2.75) is 46.6 Å². The van der Waals surface area contributed by atoms with E-state index in [2.05, 4.69) is 31.1 Å². The maximum absolute atomic E-state index is 12.0. The predicted molar refractivity (Wildman–Crippen MR) is 73.7 cm³/mol. The van der Waals surface area contributed by atoms with Crippen LogP contribution in [0, 0.1) is 13.8 Å². The monoisotopic (exact) mass is 244 g/mol. The van der Waals surface area contributed by atoms with Gasteiger partial charge in [-0.15, -0.1) is 0 Å². The molecule has 0 fully saturated rings. The van der Waals surface area contributed by atoms with Crippen molar-refractivity contribution in [3.8, 4) is 0 Å². The largest absolute Gasteiger partial charge is 0.272 e. The van der Waals surface area contributed by atoms with Crippen molar-refractivity contribution in [2.24, 2.45) is 5.10 Å². The fraction of sp³-hybridized carbons (Fsp3) is 0.467. The van der Waals surface area contributed by atoms with Gasteiger partial charge < -0.3 is 0 Å². The zero-order chi connectivity index (χ0) is 13.5. The number of carbonyl (C=O) groups is 1. The molecule has 3 heteroatoms. The van der Waals surface area contributed by atoms with Gasteiger partial charge in [0.15, 0.2) is 0 Å². The van der Waals surface area contributed by atoms with Gasteiger partial charge in [0.25, 0.3) is 0 Å². The molecule has 1 heterocycles. The van der Waals surface area contributed by atoms with Gasteiger partial charge in [-0.25, -0.2) is 5.01 Å². The van der Waals surface area contributed by atoms with Gasteiger partial charge >= 0.3 is 0 Å². The van der Waals surface area contributed by atoms with Crippen LogP contribution in [-0.2, 0) is 4.79 Å². The number of hydrogen-bond donors (Lipinski definition) is 0. The van der Waals surface area contributed by atoms with Crippen molar-refractivity contribution >= 4 is 11.6 Å². The summed E-state index contributed by atoms with van der Waals surface area (Å²) in [6, 6.07) is 6.23. The molecule has 1 aromatic carbocycles. The fourth-order valence-electron chi connectivity index (χ4n) is 2.03. The smallest absolute Gasteiger partial charge is 0.249 e. The van der Waals surface area contributed by atoms with Gasteiger partial charge in [0.2, 0.25) is 5.91 Å². The molecule has 1 amide bonds. The molecule has 0 spiro atoms. The van der Waals surface area contributed by atoms with E-state index in [4.69, 9.17) is 0 Å². The second-order valence-electron chi connectivity index (χ2n) is 5.90. The Kier molecular flexibility index (Phi) is 3.01. The van der Waals surface area contributed by atoms with E-state index < -0.39 is 0 Å². The molecule has 0 bridgehead atoms. The van der Waals surface area contributed by atoms with Crippen LogP contribution in [0.1, 0.15) is 43.9 Å². The summed E-state index contributed by atoms with van der Waals surface area (Å²) in [5, 5.41) is 6.08. The molecule has 2 rings (SSSR count). The van der Waals surface area contributed by atoms with Gasteiger partial charge in [-0.05, 0) is 57.4 Å². The molecule has 0 aliphatic carbocycles. The number of hydrazone groups is 1. The van der Waals surface area contributed by atoms with Gasteiger partial charge in [-0.2, -0.15) is 5.10 Å². The SMILES string of the molecule is Cc1ccc(C2=NN(C(C)(C)C)C(=O)C2)cc1C. The van der Waals surface area contributed by atoms with Crippen LogP contribution in [0.5, 0.6) is 0 Å². The van der Waals surface area contributed by atoms with Gasteiger partial charge in [0, 0.05) is 0 Å². The number of amides is 1. The maximum Gasteiger partial charge on any atom is 0.249 e. The normalized spacial score (nSPS) is 16.2. The number of rotatable bonds is 1. The third-order valence-corrected chi connectivity index (χ3v) is 3.25. The van der Waals surface area contributed by atoms with Crippen LogP contribution in [0.4, 0.5) is 0 Å². The summed E-state index contributed by atoms with van der Waals surface area (Å²) in [6.45, 7) is 10.2. The maximum atomic E-state index is 12.0. The summed E-state index contributed by atoms with van der Waals surface area (Å²) in [7, 11) is 0. The van der Waals surface area contributed by atoms with Crippen LogP contribution in [0.15, 0.2) is 23.3 Å². The molecule has 0 saturated heterocycles. The quantitative estimate of drug-likeness (QED) is 0.747. The fourth-order valence-corrected chi connectivity index (χ4v) is 2.03. The minimum atomic E-state index is -0.251. The van der Waals surface area contributed by atoms with Gasteiger partial charge in [0.1, 0.15) is 0 Å². The van der Waals surface area contributed by atoms with Crippen LogP contribution in [-0.4, -0.2) is 22.2 Å². The van der Waals surface area contributed by atoms with E-state index >= 15 is 0 Å². The van der Waals surface area contributed by atoms with E-state index in [0.717, 1.165) is 11.3 Å². The standard InChI is InChI=1S/C15H20N2O/c1-10-6-7-12(8-11(10)2)13-9-14(18)17(16-13)15(3,4)5/h6-8H,9H2,1-5H3. The van der Waals surface area contributed by atoms with Crippen molar-refractivity contribution in [3.05, 3.63) is 34.9 Å². The summed E-state index contributed by atoms with van der Waals surface area (Å²) in [6.07, 6.45) is 0.403. The molecular weight excluding hydrogens is 224 g/mol. The van der Waals surface area contributed by atoms with E-state index in [0.29, 0.717) is 6.42 Å². The lowest BCUT2D eigenvalue weighted by Gasteiger charge is -2.27. The molecular formula is C15H20N2O. The topological polar surface area (TPSA) is 32.7 Å². The van der Waals surface area contributed by atoms with Crippen molar-refractivity contribution in [3.63, 3.8) is 0 Å². The lowest BCUT2D eigenvalue weighted by Crippen LogP contribution is -2.38. The van der Waals surface area contributed by atoms with Crippen molar-refractivity contribution in [1.29, 1.82) is 0 Å². The van der Waals surface area contributed by atoms with Crippen molar-refractivity contribution in [2.75, 3.05) is 0 Å². The number of aryl methyl sites for hydroxylation is 2. The highest BCUT2D eigenvalue weighted by Crippen LogP contribution is 2.24. The second-order valence-corrected chi connectivity index (χ2v) is 5.90. The van der Waals surface area contributed by atoms with E-state index in [1.165, 1.54) is 11.1 Å². The summed E-state index contributed by atoms with van der Waals surface area (Å²) < 4.78 is 0. The van der Waals surface area contributed by atoms with E-state index in [-0.39, 0.29) is 11.4 Å². The Balaban J connectivity index is 2.35. The Morgan fingerprint density at radius 3 is 2.33 bits per heavy atom. The predicted octanol–water partition coefficient (Wildman–Crippen LogP) is 3.04. The summed E-state index contributed by atoms with van der Waals surface area (Å²) >= 11 is 0. The zero-order valence-corrected chi connectivity index (χ0v) is 11.7. The molecule has 1 aromatic rings. The second kappa shape index (κ2) is 4.23. The molecule has 18 heavy (non-hydrogen) atoms. The molecule has 0 radical (unpaired) electrons. The number of nitrogens with zero attached hydrogens (tertiary/aromatic N) is 2. The molecule has 0 N–H and O–H groups in total. The highest BCUT2D eigenvalue weighted by molar-refractivity contribution is 6.13. The Morgan fingerprint density at radius 2 is 1.83 bits per heavy atom. The first-order chi connectivity index (χ1) is 8.29. The molecule has 0 unspecified atom stereocenters. The Bertz CT molecular complexity index is 524. The molecule has 0 atom stereocenters. The number of hydrogen-bond acceptors (Lipinski definition) is 2. The van der Waals surface area contributed by atoms with Crippen molar-refractivity contribution in [1.82, 2.24) is 5.01 Å². The first-order valence-electron chi connectivity index (χ1n) is 6.27. The van der Waals surface area contributed by atoms with Crippen molar-refractivity contribution < 1.29 is 4.79 Å². The first kappa shape index (κ1) is 12.8. The lowest BCUT2D eigenvalue weighted by molar-refractivity contribution is -0.133. The molecule has 1 aliphatic rings. The molecule has 96 valence electrons. The minimum Gasteiger partial charge on any atom is -0.272 e. The minimum absolute atomic E-state index is 0.0794. The summed E-state index contributed by atoms with van der Waals surface area (Å²) in [5.74, 6) is 0.0794. The first-order valence-corrected chi connectivity index (χ1v) is 6.27. The summed E-state index contributed by atoms with van der Waals surface area (Å²) in [5.41, 5.74) is 4.17. The van der Waals surface area contributed by atoms with Crippen LogP contribution in [0.3, 0.4) is 0 Å². The zero-order valence-electron chi connectivity index (χ0n) is 11.7. The Morgan fingerprint density at radius 1 is 1.17 bits per heavy atom.